The molecular weight excluding hydrogens is 248 g/mol. The summed E-state index contributed by atoms with van der Waals surface area (Å²) in [5.41, 5.74) is 1.36. The van der Waals surface area contributed by atoms with Crippen molar-refractivity contribution in [2.45, 2.75) is 70.6 Å². The van der Waals surface area contributed by atoms with Gasteiger partial charge in [0.1, 0.15) is 5.76 Å². The molecule has 20 heavy (non-hydrogen) atoms. The van der Waals surface area contributed by atoms with Crippen molar-refractivity contribution in [1.82, 2.24) is 10.2 Å². The highest BCUT2D eigenvalue weighted by Gasteiger charge is 2.24. The molecule has 3 heteroatoms. The number of hydrogen-bond acceptors (Lipinski definition) is 3. The highest BCUT2D eigenvalue weighted by Crippen LogP contribution is 2.28. The Morgan fingerprint density at radius 2 is 1.95 bits per heavy atom. The molecule has 0 saturated heterocycles. The molecule has 3 rings (SSSR count). The van der Waals surface area contributed by atoms with Crippen molar-refractivity contribution in [2.24, 2.45) is 5.92 Å². The van der Waals surface area contributed by atoms with Gasteiger partial charge in [0.05, 0.1) is 12.8 Å². The van der Waals surface area contributed by atoms with E-state index in [1.807, 2.05) is 6.26 Å². The third-order valence-electron chi connectivity index (χ3n) is 4.99. The lowest BCUT2D eigenvalue weighted by Crippen LogP contribution is -2.34. The van der Waals surface area contributed by atoms with Crippen molar-refractivity contribution in [3.05, 3.63) is 23.7 Å². The SMILES string of the molecule is CC1CCC(N(C)Cc2ccoc2CNC2CC2)CC1. The molecule has 0 aromatic carbocycles. The van der Waals surface area contributed by atoms with Crippen LogP contribution in [0.4, 0.5) is 0 Å². The molecule has 0 amide bonds. The zero-order valence-electron chi connectivity index (χ0n) is 12.9. The molecule has 0 atom stereocenters. The zero-order chi connectivity index (χ0) is 13.9. The quantitative estimate of drug-likeness (QED) is 0.861. The van der Waals surface area contributed by atoms with Crippen LogP contribution in [0.2, 0.25) is 0 Å². The topological polar surface area (TPSA) is 28.4 Å². The van der Waals surface area contributed by atoms with Crippen LogP contribution in [0.25, 0.3) is 0 Å². The molecule has 0 unspecified atom stereocenters. The van der Waals surface area contributed by atoms with Gasteiger partial charge in [-0.1, -0.05) is 6.92 Å². The van der Waals surface area contributed by atoms with E-state index in [9.17, 15) is 0 Å². The average molecular weight is 276 g/mol. The van der Waals surface area contributed by atoms with Crippen LogP contribution in [-0.2, 0) is 13.1 Å². The van der Waals surface area contributed by atoms with E-state index in [0.717, 1.165) is 36.9 Å². The van der Waals surface area contributed by atoms with Gasteiger partial charge in [0.25, 0.3) is 0 Å². The first-order chi connectivity index (χ1) is 9.72. The summed E-state index contributed by atoms with van der Waals surface area (Å²) in [6, 6.07) is 3.64. The molecule has 1 aromatic rings. The fraction of sp³-hybridized carbons (Fsp3) is 0.765. The van der Waals surface area contributed by atoms with Crippen LogP contribution < -0.4 is 5.32 Å². The Hall–Kier alpha value is -0.800. The van der Waals surface area contributed by atoms with Crippen LogP contribution in [0.15, 0.2) is 16.7 Å². The summed E-state index contributed by atoms with van der Waals surface area (Å²) in [7, 11) is 2.27. The maximum Gasteiger partial charge on any atom is 0.122 e. The number of hydrogen-bond donors (Lipinski definition) is 1. The Balaban J connectivity index is 1.52. The second-order valence-electron chi connectivity index (χ2n) is 6.85. The van der Waals surface area contributed by atoms with Crippen LogP contribution >= 0.6 is 0 Å². The highest BCUT2D eigenvalue weighted by molar-refractivity contribution is 5.17. The number of nitrogens with zero attached hydrogens (tertiary/aromatic N) is 1. The molecular formula is C17H28N2O. The third kappa shape index (κ3) is 3.64. The Kier molecular flexibility index (Phi) is 4.47. The smallest absolute Gasteiger partial charge is 0.122 e. The van der Waals surface area contributed by atoms with Gasteiger partial charge in [0, 0.05) is 24.2 Å². The summed E-state index contributed by atoms with van der Waals surface area (Å²) in [5.74, 6) is 2.06. The number of furan rings is 1. The molecule has 2 saturated carbocycles. The second-order valence-corrected chi connectivity index (χ2v) is 6.85. The maximum atomic E-state index is 5.66. The fourth-order valence-electron chi connectivity index (χ4n) is 3.27. The van der Waals surface area contributed by atoms with Gasteiger partial charge in [-0.3, -0.25) is 4.90 Å². The van der Waals surface area contributed by atoms with Crippen molar-refractivity contribution in [2.75, 3.05) is 7.05 Å². The first-order valence-electron chi connectivity index (χ1n) is 8.21. The molecule has 0 bridgehead atoms. The van der Waals surface area contributed by atoms with Gasteiger partial charge < -0.3 is 9.73 Å². The third-order valence-corrected chi connectivity index (χ3v) is 4.99. The molecule has 1 heterocycles. The van der Waals surface area contributed by atoms with Crippen LogP contribution in [0, 0.1) is 5.92 Å². The summed E-state index contributed by atoms with van der Waals surface area (Å²) in [6.45, 7) is 4.30. The molecule has 0 radical (unpaired) electrons. The van der Waals surface area contributed by atoms with Crippen molar-refractivity contribution < 1.29 is 4.42 Å². The lowest BCUT2D eigenvalue weighted by Gasteiger charge is -2.33. The minimum absolute atomic E-state index is 0.741. The van der Waals surface area contributed by atoms with Gasteiger partial charge in [0.15, 0.2) is 0 Å². The predicted molar refractivity (Wildman–Crippen MR) is 81.5 cm³/mol. The van der Waals surface area contributed by atoms with Crippen LogP contribution in [0.5, 0.6) is 0 Å². The monoisotopic (exact) mass is 276 g/mol. The van der Waals surface area contributed by atoms with E-state index in [4.69, 9.17) is 4.42 Å². The number of rotatable bonds is 6. The average Bonchev–Trinajstić information content (AvgIpc) is 3.18. The lowest BCUT2D eigenvalue weighted by atomic mass is 9.86. The summed E-state index contributed by atoms with van der Waals surface area (Å²) < 4.78 is 5.66. The van der Waals surface area contributed by atoms with E-state index in [1.54, 1.807) is 0 Å². The van der Waals surface area contributed by atoms with Gasteiger partial charge in [0.2, 0.25) is 0 Å². The van der Waals surface area contributed by atoms with Crippen LogP contribution in [0.3, 0.4) is 0 Å². The first kappa shape index (κ1) is 14.2. The van der Waals surface area contributed by atoms with Crippen molar-refractivity contribution in [3.8, 4) is 0 Å². The number of nitrogens with one attached hydrogen (secondary N) is 1. The largest absolute Gasteiger partial charge is 0.468 e. The van der Waals surface area contributed by atoms with E-state index in [-0.39, 0.29) is 0 Å². The lowest BCUT2D eigenvalue weighted by molar-refractivity contribution is 0.163. The molecule has 0 aliphatic heterocycles. The van der Waals surface area contributed by atoms with E-state index in [0.29, 0.717) is 0 Å². The Morgan fingerprint density at radius 3 is 2.65 bits per heavy atom. The van der Waals surface area contributed by atoms with E-state index < -0.39 is 0 Å². The Labute approximate surface area is 122 Å². The molecule has 112 valence electrons. The van der Waals surface area contributed by atoms with Gasteiger partial charge in [-0.15, -0.1) is 0 Å². The first-order valence-corrected chi connectivity index (χ1v) is 8.21. The van der Waals surface area contributed by atoms with Crippen molar-refractivity contribution >= 4 is 0 Å². The minimum Gasteiger partial charge on any atom is -0.468 e. The standard InChI is InChI=1S/C17H28N2O/c1-13-3-7-16(8-4-13)19(2)12-14-9-10-20-17(14)11-18-15-5-6-15/h9-10,13,15-16,18H,3-8,11-12H2,1-2H3. The Morgan fingerprint density at radius 1 is 1.20 bits per heavy atom. The summed E-state index contributed by atoms with van der Waals surface area (Å²) >= 11 is 0. The molecule has 0 spiro atoms. The van der Waals surface area contributed by atoms with Gasteiger partial charge in [-0.25, -0.2) is 0 Å². The Bertz CT molecular complexity index is 416. The van der Waals surface area contributed by atoms with Gasteiger partial charge in [-0.2, -0.15) is 0 Å². The summed E-state index contributed by atoms with van der Waals surface area (Å²) in [6.07, 6.45) is 9.98. The van der Waals surface area contributed by atoms with E-state index in [1.165, 1.54) is 44.1 Å². The normalized spacial score (nSPS) is 27.1. The van der Waals surface area contributed by atoms with E-state index in [2.05, 4.69) is 30.3 Å². The molecule has 2 aliphatic carbocycles. The maximum absolute atomic E-state index is 5.66. The summed E-state index contributed by atoms with van der Waals surface area (Å²) in [5, 5.41) is 3.55. The highest BCUT2D eigenvalue weighted by atomic mass is 16.3. The molecule has 3 nitrogen and oxygen atoms in total. The van der Waals surface area contributed by atoms with Crippen molar-refractivity contribution in [3.63, 3.8) is 0 Å². The van der Waals surface area contributed by atoms with Gasteiger partial charge >= 0.3 is 0 Å². The van der Waals surface area contributed by atoms with Crippen LogP contribution in [-0.4, -0.2) is 24.0 Å². The van der Waals surface area contributed by atoms with Gasteiger partial charge in [-0.05, 0) is 57.6 Å². The van der Waals surface area contributed by atoms with Crippen molar-refractivity contribution in [1.29, 1.82) is 0 Å². The fourth-order valence-corrected chi connectivity index (χ4v) is 3.27. The van der Waals surface area contributed by atoms with E-state index >= 15 is 0 Å². The molecule has 2 fully saturated rings. The minimum atomic E-state index is 0.741. The predicted octanol–water partition coefficient (Wildman–Crippen LogP) is 3.54. The van der Waals surface area contributed by atoms with Crippen LogP contribution in [0.1, 0.15) is 56.8 Å². The zero-order valence-corrected chi connectivity index (χ0v) is 12.9. The molecule has 2 aliphatic rings. The molecule has 1 aromatic heterocycles. The summed E-state index contributed by atoms with van der Waals surface area (Å²) in [4.78, 5) is 2.53. The second kappa shape index (κ2) is 6.31. The molecule has 1 N–H and O–H groups in total.